The number of amides is 1. The Bertz CT molecular complexity index is 1880. The molecular weight excluding hydrogens is 682 g/mol. The molecule has 0 spiro atoms. The van der Waals surface area contributed by atoms with Crippen LogP contribution in [-0.4, -0.2) is 70.2 Å². The Morgan fingerprint density at radius 3 is 2.45 bits per heavy atom. The molecule has 0 unspecified atom stereocenters. The highest BCUT2D eigenvalue weighted by Gasteiger charge is 2.47. The molecule has 1 amide bonds. The maximum atomic E-state index is 13.6. The number of nitrogens with one attached hydrogen (secondary N) is 1. The standard InChI is InChI=1S/C35H46ClN5O6SSi/c1-33(2,3)47-32(42)41-21-35(7,22-46-49(9,10)34(4,5)6)26-18-23(17-24(20-37)30(26)41)27-13-14-38-31(39-27)40-28-19-25(36)11-12-29(28)45-15-16-48(8,43)44/h11-14,17-19H,15-16,21-22H2,1-10H3,(H,38,39,40)/t35-/m1/s1. The maximum Gasteiger partial charge on any atom is 0.414 e. The van der Waals surface area contributed by atoms with Crippen LogP contribution >= 0.6 is 11.6 Å². The predicted octanol–water partition coefficient (Wildman–Crippen LogP) is 7.87. The summed E-state index contributed by atoms with van der Waals surface area (Å²) >= 11 is 6.27. The summed E-state index contributed by atoms with van der Waals surface area (Å²) in [6, 6.07) is 12.6. The number of hydrogen-bond donors (Lipinski definition) is 1. The van der Waals surface area contributed by atoms with E-state index in [1.54, 1.807) is 41.4 Å². The second-order valence-electron chi connectivity index (χ2n) is 15.2. The molecule has 3 aromatic rings. The Hall–Kier alpha value is -3.70. The summed E-state index contributed by atoms with van der Waals surface area (Å²) in [6.07, 6.45) is 2.21. The van der Waals surface area contributed by atoms with Gasteiger partial charge in [-0.25, -0.2) is 23.2 Å². The van der Waals surface area contributed by atoms with Crippen LogP contribution in [-0.2, 0) is 24.4 Å². The van der Waals surface area contributed by atoms with Gasteiger partial charge < -0.3 is 19.2 Å². The number of anilines is 3. The van der Waals surface area contributed by atoms with Crippen molar-refractivity contribution in [3.05, 3.63) is 58.7 Å². The molecule has 1 aliphatic heterocycles. The van der Waals surface area contributed by atoms with Gasteiger partial charge in [0.15, 0.2) is 18.2 Å². The van der Waals surface area contributed by atoms with Crippen LogP contribution in [0.3, 0.4) is 0 Å². The highest BCUT2D eigenvalue weighted by atomic mass is 35.5. The van der Waals surface area contributed by atoms with Crippen LogP contribution in [0.4, 0.5) is 22.1 Å². The molecule has 2 aromatic carbocycles. The van der Waals surface area contributed by atoms with Gasteiger partial charge in [-0.2, -0.15) is 5.26 Å². The van der Waals surface area contributed by atoms with Crippen LogP contribution in [0.15, 0.2) is 42.6 Å². The zero-order chi connectivity index (χ0) is 36.6. The minimum Gasteiger partial charge on any atom is -0.490 e. The Kier molecular flexibility index (Phi) is 10.8. The molecule has 264 valence electrons. The second-order valence-corrected chi connectivity index (χ2v) is 22.7. The van der Waals surface area contributed by atoms with Gasteiger partial charge in [-0.05, 0) is 80.9 Å². The summed E-state index contributed by atoms with van der Waals surface area (Å²) in [5.41, 5.74) is 1.85. The number of hydrogen-bond acceptors (Lipinski definition) is 10. The summed E-state index contributed by atoms with van der Waals surface area (Å²) < 4.78 is 41.5. The SMILES string of the molecule is CC(C)(C)OC(=O)N1C[C@](C)(CO[Si](C)(C)C(C)(C)C)c2cc(-c3ccnc(Nc4cc(Cl)ccc4OCCS(C)(=O)=O)n3)cc(C#N)c21. The molecule has 49 heavy (non-hydrogen) atoms. The molecule has 2 heterocycles. The van der Waals surface area contributed by atoms with Gasteiger partial charge in [0.05, 0.1) is 28.4 Å². The van der Waals surface area contributed by atoms with Crippen LogP contribution in [0.5, 0.6) is 5.75 Å². The fourth-order valence-corrected chi connectivity index (χ4v) is 6.68. The third-order valence-electron chi connectivity index (χ3n) is 8.68. The van der Waals surface area contributed by atoms with Crippen molar-refractivity contribution in [2.45, 2.75) is 77.6 Å². The zero-order valence-corrected chi connectivity index (χ0v) is 32.5. The normalized spacial score (nSPS) is 16.6. The van der Waals surface area contributed by atoms with E-state index < -0.39 is 35.3 Å². The van der Waals surface area contributed by atoms with Crippen LogP contribution < -0.4 is 15.0 Å². The molecule has 1 aromatic heterocycles. The number of carbonyl (C=O) groups excluding carboxylic acids is 1. The highest BCUT2D eigenvalue weighted by Crippen LogP contribution is 2.47. The molecule has 0 saturated carbocycles. The van der Waals surface area contributed by atoms with E-state index in [1.807, 2.05) is 33.8 Å². The number of carbonyl (C=O) groups is 1. The third-order valence-corrected chi connectivity index (χ3v) is 14.3. The molecule has 0 fully saturated rings. The lowest BCUT2D eigenvalue weighted by Crippen LogP contribution is -2.46. The minimum atomic E-state index is -3.22. The summed E-state index contributed by atoms with van der Waals surface area (Å²) in [6.45, 7) is 19.0. The average Bonchev–Trinajstić information content (AvgIpc) is 3.28. The molecule has 0 saturated heterocycles. The first-order valence-corrected chi connectivity index (χ1v) is 21.3. The molecule has 1 aliphatic rings. The van der Waals surface area contributed by atoms with E-state index in [2.05, 4.69) is 50.2 Å². The number of nitriles is 1. The molecule has 1 N–H and O–H groups in total. The van der Waals surface area contributed by atoms with Crippen molar-refractivity contribution >= 4 is 53.2 Å². The lowest BCUT2D eigenvalue weighted by molar-refractivity contribution is 0.0575. The van der Waals surface area contributed by atoms with E-state index in [0.29, 0.717) is 45.6 Å². The van der Waals surface area contributed by atoms with Crippen molar-refractivity contribution in [1.82, 2.24) is 9.97 Å². The molecule has 14 heteroatoms. The molecule has 0 bridgehead atoms. The quantitative estimate of drug-likeness (QED) is 0.205. The van der Waals surface area contributed by atoms with Gasteiger partial charge in [-0.3, -0.25) is 4.90 Å². The lowest BCUT2D eigenvalue weighted by atomic mass is 9.83. The highest BCUT2D eigenvalue weighted by molar-refractivity contribution is 7.90. The van der Waals surface area contributed by atoms with Gasteiger partial charge in [0.1, 0.15) is 24.0 Å². The van der Waals surface area contributed by atoms with E-state index in [0.717, 1.165) is 11.8 Å². The molecule has 11 nitrogen and oxygen atoms in total. The summed E-state index contributed by atoms with van der Waals surface area (Å²) in [7, 11) is -5.39. The first-order valence-electron chi connectivity index (χ1n) is 16.0. The van der Waals surface area contributed by atoms with E-state index >= 15 is 0 Å². The fourth-order valence-electron chi connectivity index (χ4n) is 5.01. The van der Waals surface area contributed by atoms with Gasteiger partial charge in [-0.15, -0.1) is 0 Å². The number of sulfone groups is 1. The number of nitrogens with zero attached hydrogens (tertiary/aromatic N) is 4. The van der Waals surface area contributed by atoms with Gasteiger partial charge in [0, 0.05) is 41.6 Å². The van der Waals surface area contributed by atoms with Crippen molar-refractivity contribution in [3.63, 3.8) is 0 Å². The van der Waals surface area contributed by atoms with Gasteiger partial charge in [0.25, 0.3) is 0 Å². The van der Waals surface area contributed by atoms with Crippen molar-refractivity contribution in [2.75, 3.05) is 42.0 Å². The Balaban J connectivity index is 1.76. The smallest absolute Gasteiger partial charge is 0.414 e. The van der Waals surface area contributed by atoms with Gasteiger partial charge in [-0.1, -0.05) is 39.3 Å². The first-order chi connectivity index (χ1) is 22.5. The number of aromatic nitrogens is 2. The number of benzene rings is 2. The van der Waals surface area contributed by atoms with Crippen LogP contribution in [0.1, 0.15) is 59.6 Å². The van der Waals surface area contributed by atoms with Crippen LogP contribution in [0, 0.1) is 11.3 Å². The monoisotopic (exact) mass is 727 g/mol. The van der Waals surface area contributed by atoms with Crippen molar-refractivity contribution in [3.8, 4) is 23.1 Å². The fraction of sp³-hybridized carbons (Fsp3) is 0.486. The van der Waals surface area contributed by atoms with E-state index in [4.69, 9.17) is 30.5 Å². The predicted molar refractivity (Wildman–Crippen MR) is 196 cm³/mol. The topological polar surface area (TPSA) is 144 Å². The average molecular weight is 728 g/mol. The van der Waals surface area contributed by atoms with Crippen LogP contribution in [0.25, 0.3) is 11.3 Å². The molecule has 1 atom stereocenters. The van der Waals surface area contributed by atoms with Crippen molar-refractivity contribution in [1.29, 1.82) is 5.26 Å². The van der Waals surface area contributed by atoms with E-state index in [-0.39, 0.29) is 29.9 Å². The van der Waals surface area contributed by atoms with E-state index in [1.165, 1.54) is 0 Å². The summed E-state index contributed by atoms with van der Waals surface area (Å²) in [5, 5.41) is 13.9. The zero-order valence-electron chi connectivity index (χ0n) is 29.9. The molecular formula is C35H46ClN5O6SSi. The Morgan fingerprint density at radius 1 is 1.14 bits per heavy atom. The number of ether oxygens (including phenoxy) is 2. The summed E-state index contributed by atoms with van der Waals surface area (Å²) in [4.78, 5) is 24.2. The van der Waals surface area contributed by atoms with Gasteiger partial charge >= 0.3 is 6.09 Å². The summed E-state index contributed by atoms with van der Waals surface area (Å²) in [5.74, 6) is 0.462. The number of fused-ring (bicyclic) bond motifs is 1. The third kappa shape index (κ3) is 9.30. The largest absolute Gasteiger partial charge is 0.490 e. The van der Waals surface area contributed by atoms with E-state index in [9.17, 15) is 18.5 Å². The molecule has 0 aliphatic carbocycles. The maximum absolute atomic E-state index is 13.6. The first kappa shape index (κ1) is 38.1. The van der Waals surface area contributed by atoms with Crippen molar-refractivity contribution in [2.24, 2.45) is 0 Å². The van der Waals surface area contributed by atoms with Crippen LogP contribution in [0.2, 0.25) is 23.2 Å². The number of halogens is 1. The Morgan fingerprint density at radius 2 is 1.84 bits per heavy atom. The molecule has 4 rings (SSSR count). The minimum absolute atomic E-state index is 0.0265. The molecule has 0 radical (unpaired) electrons. The second kappa shape index (κ2) is 13.9. The van der Waals surface area contributed by atoms with Crippen molar-refractivity contribution < 1.29 is 27.1 Å². The lowest BCUT2D eigenvalue weighted by Gasteiger charge is -2.39. The van der Waals surface area contributed by atoms with Gasteiger partial charge in [0.2, 0.25) is 5.95 Å². The Labute approximate surface area is 296 Å². The number of rotatable bonds is 10.